The molecule has 0 saturated heterocycles. The van der Waals surface area contributed by atoms with Crippen molar-refractivity contribution in [3.05, 3.63) is 36.3 Å². The van der Waals surface area contributed by atoms with Crippen LogP contribution in [0.3, 0.4) is 0 Å². The fourth-order valence-corrected chi connectivity index (χ4v) is 4.06. The number of imidazole rings is 1. The highest BCUT2D eigenvalue weighted by molar-refractivity contribution is 5.68. The number of halogens is 1. The van der Waals surface area contributed by atoms with Crippen LogP contribution in [0.1, 0.15) is 50.1 Å². The minimum Gasteiger partial charge on any atom is -0.393 e. The summed E-state index contributed by atoms with van der Waals surface area (Å²) in [5, 5.41) is 10.6. The van der Waals surface area contributed by atoms with Crippen LogP contribution in [0, 0.1) is 11.7 Å². The number of aromatic nitrogens is 3. The molecule has 4 rings (SSSR count). The van der Waals surface area contributed by atoms with Crippen molar-refractivity contribution < 1.29 is 9.50 Å². The van der Waals surface area contributed by atoms with Gasteiger partial charge in [0.25, 0.3) is 0 Å². The standard InChI is InChI=1S/C17H20FN3O/c18-13-8-19-7-12-15-9-20-10-21(15)14(17(12)13)6-16(22)11-4-2-1-3-5-11/h7-11,14,16,22H,1-6H2. The van der Waals surface area contributed by atoms with E-state index in [1.165, 1.54) is 25.5 Å². The summed E-state index contributed by atoms with van der Waals surface area (Å²) in [7, 11) is 0. The van der Waals surface area contributed by atoms with Gasteiger partial charge in [0, 0.05) is 17.3 Å². The predicted octanol–water partition coefficient (Wildman–Crippen LogP) is 3.32. The van der Waals surface area contributed by atoms with Crippen molar-refractivity contribution in [3.63, 3.8) is 0 Å². The van der Waals surface area contributed by atoms with Gasteiger partial charge in [-0.1, -0.05) is 19.3 Å². The van der Waals surface area contributed by atoms with Gasteiger partial charge in [-0.25, -0.2) is 9.37 Å². The first-order valence-corrected chi connectivity index (χ1v) is 8.09. The fraction of sp³-hybridized carbons (Fsp3) is 0.529. The molecule has 0 bridgehead atoms. The molecule has 1 aliphatic carbocycles. The summed E-state index contributed by atoms with van der Waals surface area (Å²) in [5.74, 6) is 0.0525. The lowest BCUT2D eigenvalue weighted by atomic mass is 9.82. The zero-order chi connectivity index (χ0) is 15.1. The SMILES string of the molecule is OC(CC1c2c(F)cncc2-c2cncn21)C1CCCCC1. The van der Waals surface area contributed by atoms with E-state index in [0.717, 1.165) is 24.1 Å². The molecule has 2 aliphatic rings. The lowest BCUT2D eigenvalue weighted by molar-refractivity contribution is 0.0683. The van der Waals surface area contributed by atoms with E-state index in [1.54, 1.807) is 18.7 Å². The maximum atomic E-state index is 14.3. The first kappa shape index (κ1) is 13.9. The number of rotatable bonds is 3. The average Bonchev–Trinajstić information content (AvgIpc) is 3.12. The van der Waals surface area contributed by atoms with Crippen LogP contribution in [0.4, 0.5) is 4.39 Å². The molecule has 1 saturated carbocycles. The van der Waals surface area contributed by atoms with Gasteiger partial charge < -0.3 is 9.67 Å². The Hall–Kier alpha value is -1.75. The Labute approximate surface area is 129 Å². The maximum absolute atomic E-state index is 14.3. The van der Waals surface area contributed by atoms with Gasteiger partial charge in [0.05, 0.1) is 36.6 Å². The number of aliphatic hydroxyl groups is 1. The summed E-state index contributed by atoms with van der Waals surface area (Å²) in [6.45, 7) is 0. The topological polar surface area (TPSA) is 50.9 Å². The van der Waals surface area contributed by atoms with E-state index < -0.39 is 0 Å². The highest BCUT2D eigenvalue weighted by Gasteiger charge is 2.34. The largest absolute Gasteiger partial charge is 0.393 e. The zero-order valence-corrected chi connectivity index (χ0v) is 12.5. The van der Waals surface area contributed by atoms with Gasteiger partial charge in [-0.2, -0.15) is 0 Å². The Kier molecular flexibility index (Phi) is 3.45. The van der Waals surface area contributed by atoms with Crippen LogP contribution in [0.15, 0.2) is 24.9 Å². The summed E-state index contributed by atoms with van der Waals surface area (Å²) >= 11 is 0. The summed E-state index contributed by atoms with van der Waals surface area (Å²) in [6, 6.07) is -0.174. The van der Waals surface area contributed by atoms with Gasteiger partial charge in [0.1, 0.15) is 5.82 Å². The fourth-order valence-electron chi connectivity index (χ4n) is 4.06. The molecule has 2 atom stereocenters. The van der Waals surface area contributed by atoms with E-state index in [0.29, 0.717) is 17.9 Å². The summed E-state index contributed by atoms with van der Waals surface area (Å²) in [6.07, 6.45) is 12.4. The third kappa shape index (κ3) is 2.15. The van der Waals surface area contributed by atoms with E-state index in [4.69, 9.17) is 0 Å². The molecule has 0 aromatic carbocycles. The van der Waals surface area contributed by atoms with Crippen LogP contribution in [-0.2, 0) is 0 Å². The van der Waals surface area contributed by atoms with Crippen LogP contribution in [0.5, 0.6) is 0 Å². The Morgan fingerprint density at radius 2 is 2.00 bits per heavy atom. The van der Waals surface area contributed by atoms with Crippen LogP contribution in [-0.4, -0.2) is 25.7 Å². The Balaban J connectivity index is 1.65. The Morgan fingerprint density at radius 3 is 2.82 bits per heavy atom. The molecule has 2 aromatic heterocycles. The Morgan fingerprint density at radius 1 is 1.18 bits per heavy atom. The van der Waals surface area contributed by atoms with E-state index in [-0.39, 0.29) is 18.0 Å². The Bertz CT molecular complexity index is 678. The molecule has 1 fully saturated rings. The lowest BCUT2D eigenvalue weighted by Crippen LogP contribution is -2.26. The molecule has 116 valence electrons. The molecule has 4 nitrogen and oxygen atoms in total. The second-order valence-corrected chi connectivity index (χ2v) is 6.49. The summed E-state index contributed by atoms with van der Waals surface area (Å²) in [5.41, 5.74) is 2.35. The lowest BCUT2D eigenvalue weighted by Gasteiger charge is -2.29. The molecule has 3 heterocycles. The molecule has 5 heteroatoms. The molecular formula is C17H20FN3O. The number of fused-ring (bicyclic) bond motifs is 3. The monoisotopic (exact) mass is 301 g/mol. The van der Waals surface area contributed by atoms with Gasteiger partial charge in [-0.3, -0.25) is 4.98 Å². The smallest absolute Gasteiger partial charge is 0.147 e. The number of hydrogen-bond acceptors (Lipinski definition) is 3. The van der Waals surface area contributed by atoms with Crippen molar-refractivity contribution in [1.29, 1.82) is 0 Å². The molecule has 2 aromatic rings. The van der Waals surface area contributed by atoms with E-state index in [1.807, 2.05) is 4.57 Å². The third-order valence-electron chi connectivity index (χ3n) is 5.21. The van der Waals surface area contributed by atoms with Crippen LogP contribution < -0.4 is 0 Å². The normalized spacial score (nSPS) is 22.4. The summed E-state index contributed by atoms with van der Waals surface area (Å²) in [4.78, 5) is 8.13. The van der Waals surface area contributed by atoms with Crippen molar-refractivity contribution in [2.45, 2.75) is 50.7 Å². The number of pyridine rings is 1. The van der Waals surface area contributed by atoms with Crippen molar-refractivity contribution in [2.75, 3.05) is 0 Å². The minimum absolute atomic E-state index is 0.174. The minimum atomic E-state index is -0.390. The van der Waals surface area contributed by atoms with Crippen LogP contribution >= 0.6 is 0 Å². The number of nitrogens with zero attached hydrogens (tertiary/aromatic N) is 3. The second-order valence-electron chi connectivity index (χ2n) is 6.49. The molecular weight excluding hydrogens is 281 g/mol. The van der Waals surface area contributed by atoms with Crippen LogP contribution in [0.25, 0.3) is 11.3 Å². The first-order chi connectivity index (χ1) is 10.8. The molecule has 1 aliphatic heterocycles. The van der Waals surface area contributed by atoms with Gasteiger partial charge in [0.2, 0.25) is 0 Å². The van der Waals surface area contributed by atoms with E-state index >= 15 is 0 Å². The van der Waals surface area contributed by atoms with Crippen molar-refractivity contribution >= 4 is 0 Å². The van der Waals surface area contributed by atoms with E-state index in [9.17, 15) is 9.50 Å². The zero-order valence-electron chi connectivity index (χ0n) is 12.5. The second kappa shape index (κ2) is 5.47. The van der Waals surface area contributed by atoms with Crippen molar-refractivity contribution in [2.24, 2.45) is 5.92 Å². The van der Waals surface area contributed by atoms with Crippen molar-refractivity contribution in [1.82, 2.24) is 14.5 Å². The van der Waals surface area contributed by atoms with Crippen LogP contribution in [0.2, 0.25) is 0 Å². The molecule has 1 N–H and O–H groups in total. The average molecular weight is 301 g/mol. The molecule has 0 radical (unpaired) electrons. The van der Waals surface area contributed by atoms with Gasteiger partial charge in [-0.05, 0) is 25.2 Å². The van der Waals surface area contributed by atoms with Gasteiger partial charge in [0.15, 0.2) is 0 Å². The molecule has 2 unspecified atom stereocenters. The molecule has 22 heavy (non-hydrogen) atoms. The molecule has 0 amide bonds. The van der Waals surface area contributed by atoms with Gasteiger partial charge >= 0.3 is 0 Å². The maximum Gasteiger partial charge on any atom is 0.147 e. The van der Waals surface area contributed by atoms with E-state index in [2.05, 4.69) is 9.97 Å². The highest BCUT2D eigenvalue weighted by Crippen LogP contribution is 2.43. The van der Waals surface area contributed by atoms with Gasteiger partial charge in [-0.15, -0.1) is 0 Å². The highest BCUT2D eigenvalue weighted by atomic mass is 19.1. The van der Waals surface area contributed by atoms with Crippen molar-refractivity contribution in [3.8, 4) is 11.3 Å². The molecule has 0 spiro atoms. The predicted molar refractivity (Wildman–Crippen MR) is 80.8 cm³/mol. The first-order valence-electron chi connectivity index (χ1n) is 8.09. The quantitative estimate of drug-likeness (QED) is 0.946. The number of aliphatic hydroxyl groups excluding tert-OH is 1. The third-order valence-corrected chi connectivity index (χ3v) is 5.21. The number of hydrogen-bond donors (Lipinski definition) is 1. The summed E-state index contributed by atoms with van der Waals surface area (Å²) < 4.78 is 16.3.